The van der Waals surface area contributed by atoms with Crippen molar-refractivity contribution < 1.29 is 14.3 Å². The lowest BCUT2D eigenvalue weighted by molar-refractivity contribution is 0.0298. The number of carbonyl (C=O) groups excluding carboxylic acids is 1. The van der Waals surface area contributed by atoms with Gasteiger partial charge in [-0.2, -0.15) is 0 Å². The third-order valence-corrected chi connectivity index (χ3v) is 3.74. The van der Waals surface area contributed by atoms with Gasteiger partial charge in [0.25, 0.3) is 0 Å². The summed E-state index contributed by atoms with van der Waals surface area (Å²) in [6.07, 6.45) is 0.747. The molecule has 1 fully saturated rings. The van der Waals surface area contributed by atoms with Crippen LogP contribution in [0, 0.1) is 11.8 Å². The van der Waals surface area contributed by atoms with E-state index in [9.17, 15) is 4.79 Å². The predicted molar refractivity (Wildman–Crippen MR) is 79.8 cm³/mol. The Morgan fingerprint density at radius 2 is 1.95 bits per heavy atom. The van der Waals surface area contributed by atoms with Gasteiger partial charge in [-0.15, -0.1) is 0 Å². The molecular weight excluding hydrogens is 256 g/mol. The van der Waals surface area contributed by atoms with E-state index in [1.165, 1.54) is 0 Å². The highest BCUT2D eigenvalue weighted by molar-refractivity contribution is 5.67. The van der Waals surface area contributed by atoms with Gasteiger partial charge in [-0.05, 0) is 11.8 Å². The number of rotatable bonds is 7. The molecule has 5 nitrogen and oxygen atoms in total. The normalized spacial score (nSPS) is 19.6. The highest BCUT2D eigenvalue weighted by atomic mass is 16.5. The van der Waals surface area contributed by atoms with Crippen LogP contribution >= 0.6 is 0 Å². The number of hydrogen-bond acceptors (Lipinski definition) is 4. The average Bonchev–Trinajstić information content (AvgIpc) is 2.44. The van der Waals surface area contributed by atoms with E-state index in [0.717, 1.165) is 39.3 Å². The first kappa shape index (κ1) is 17.2. The van der Waals surface area contributed by atoms with Gasteiger partial charge >= 0.3 is 6.09 Å². The van der Waals surface area contributed by atoms with Crippen molar-refractivity contribution >= 4 is 6.09 Å². The number of nitrogens with one attached hydrogen (secondary N) is 1. The average molecular weight is 286 g/mol. The summed E-state index contributed by atoms with van der Waals surface area (Å²) in [6, 6.07) is 0.137. The summed E-state index contributed by atoms with van der Waals surface area (Å²) in [5.41, 5.74) is 0. The Labute approximate surface area is 123 Å². The molecule has 1 saturated heterocycles. The van der Waals surface area contributed by atoms with Gasteiger partial charge in [0.1, 0.15) is 0 Å². The van der Waals surface area contributed by atoms with Crippen molar-refractivity contribution in [3.8, 4) is 0 Å². The van der Waals surface area contributed by atoms with Crippen LogP contribution in [0.3, 0.4) is 0 Å². The minimum atomic E-state index is -0.294. The number of nitrogens with zero attached hydrogens (tertiary/aromatic N) is 1. The van der Waals surface area contributed by atoms with Crippen LogP contribution in [-0.2, 0) is 9.47 Å². The van der Waals surface area contributed by atoms with Gasteiger partial charge in [0.2, 0.25) is 0 Å². The van der Waals surface area contributed by atoms with Crippen LogP contribution in [0.2, 0.25) is 0 Å². The molecule has 5 heteroatoms. The van der Waals surface area contributed by atoms with E-state index in [1.54, 1.807) is 0 Å². The second-order valence-electron chi connectivity index (χ2n) is 6.04. The topological polar surface area (TPSA) is 50.8 Å². The molecule has 20 heavy (non-hydrogen) atoms. The summed E-state index contributed by atoms with van der Waals surface area (Å²) in [6.45, 7) is 13.2. The molecular formula is C15H30N2O3. The molecule has 0 radical (unpaired) electrons. The van der Waals surface area contributed by atoms with Crippen LogP contribution in [0.4, 0.5) is 4.79 Å². The van der Waals surface area contributed by atoms with E-state index in [2.05, 4.69) is 24.1 Å². The molecule has 1 N–H and O–H groups in total. The Hall–Kier alpha value is -0.810. The second kappa shape index (κ2) is 9.19. The minimum Gasteiger partial charge on any atom is -0.449 e. The van der Waals surface area contributed by atoms with Crippen molar-refractivity contribution in [3.63, 3.8) is 0 Å². The molecule has 0 aromatic carbocycles. The first-order valence-corrected chi connectivity index (χ1v) is 7.76. The summed E-state index contributed by atoms with van der Waals surface area (Å²) in [7, 11) is 0. The lowest BCUT2D eigenvalue weighted by Crippen LogP contribution is -2.50. The van der Waals surface area contributed by atoms with Crippen molar-refractivity contribution in [2.75, 3.05) is 39.5 Å². The maximum Gasteiger partial charge on any atom is 0.407 e. The van der Waals surface area contributed by atoms with Gasteiger partial charge in [0.15, 0.2) is 0 Å². The van der Waals surface area contributed by atoms with Crippen LogP contribution in [0.1, 0.15) is 34.1 Å². The quantitative estimate of drug-likeness (QED) is 0.779. The molecule has 1 aliphatic rings. The molecule has 0 spiro atoms. The SMILES string of the molecule is CC[C@H](C)[C@@H](CN1CCOCC1)NC(=O)OCC(C)C. The largest absolute Gasteiger partial charge is 0.449 e. The van der Waals surface area contributed by atoms with Crippen LogP contribution < -0.4 is 5.32 Å². The summed E-state index contributed by atoms with van der Waals surface area (Å²) < 4.78 is 10.6. The van der Waals surface area contributed by atoms with Gasteiger partial charge in [0.05, 0.1) is 19.8 Å². The fraction of sp³-hybridized carbons (Fsp3) is 0.933. The van der Waals surface area contributed by atoms with E-state index >= 15 is 0 Å². The van der Waals surface area contributed by atoms with E-state index in [1.807, 2.05) is 13.8 Å². The Balaban J connectivity index is 2.44. The number of ether oxygens (including phenoxy) is 2. The summed E-state index contributed by atoms with van der Waals surface area (Å²) >= 11 is 0. The molecule has 0 aromatic heterocycles. The summed E-state index contributed by atoms with van der Waals surface area (Å²) in [5, 5.41) is 3.03. The third kappa shape index (κ3) is 6.57. The number of alkyl carbamates (subject to hydrolysis) is 1. The molecule has 1 aliphatic heterocycles. The van der Waals surface area contributed by atoms with Gasteiger partial charge in [-0.1, -0.05) is 34.1 Å². The zero-order chi connectivity index (χ0) is 15.0. The standard InChI is InChI=1S/C15H30N2O3/c1-5-13(4)14(10-17-6-8-19-9-7-17)16-15(18)20-11-12(2)3/h12-14H,5-11H2,1-4H3,(H,16,18)/t13-,14+/m0/s1. The van der Waals surface area contributed by atoms with E-state index in [0.29, 0.717) is 18.4 Å². The third-order valence-electron chi connectivity index (χ3n) is 3.74. The van der Waals surface area contributed by atoms with E-state index in [4.69, 9.17) is 9.47 Å². The second-order valence-corrected chi connectivity index (χ2v) is 6.04. The number of hydrogen-bond donors (Lipinski definition) is 1. The van der Waals surface area contributed by atoms with E-state index < -0.39 is 0 Å². The first-order valence-electron chi connectivity index (χ1n) is 7.76. The highest BCUT2D eigenvalue weighted by Crippen LogP contribution is 2.11. The van der Waals surface area contributed by atoms with Crippen LogP contribution in [-0.4, -0.2) is 56.5 Å². The zero-order valence-corrected chi connectivity index (χ0v) is 13.4. The first-order chi connectivity index (χ1) is 9.52. The van der Waals surface area contributed by atoms with Gasteiger partial charge < -0.3 is 14.8 Å². The fourth-order valence-corrected chi connectivity index (χ4v) is 2.15. The monoisotopic (exact) mass is 286 g/mol. The molecule has 1 rings (SSSR count). The van der Waals surface area contributed by atoms with Crippen molar-refractivity contribution in [2.45, 2.75) is 40.2 Å². The van der Waals surface area contributed by atoms with Gasteiger partial charge in [0, 0.05) is 25.7 Å². The van der Waals surface area contributed by atoms with Crippen molar-refractivity contribution in [3.05, 3.63) is 0 Å². The van der Waals surface area contributed by atoms with Crippen molar-refractivity contribution in [1.82, 2.24) is 10.2 Å². The highest BCUT2D eigenvalue weighted by Gasteiger charge is 2.23. The molecule has 1 heterocycles. The van der Waals surface area contributed by atoms with Crippen LogP contribution in [0.5, 0.6) is 0 Å². The molecule has 0 aromatic rings. The number of carbonyl (C=O) groups is 1. The minimum absolute atomic E-state index is 0.137. The lowest BCUT2D eigenvalue weighted by atomic mass is 9.98. The Bertz CT molecular complexity index is 278. The van der Waals surface area contributed by atoms with Gasteiger partial charge in [-0.25, -0.2) is 4.79 Å². The van der Waals surface area contributed by atoms with E-state index in [-0.39, 0.29) is 12.1 Å². The Kier molecular flexibility index (Phi) is 7.92. The molecule has 2 atom stereocenters. The molecule has 118 valence electrons. The predicted octanol–water partition coefficient (Wildman–Crippen LogP) is 2.12. The molecule has 0 unspecified atom stereocenters. The van der Waals surface area contributed by atoms with Crippen LogP contribution in [0.15, 0.2) is 0 Å². The van der Waals surface area contributed by atoms with Crippen molar-refractivity contribution in [2.24, 2.45) is 11.8 Å². The van der Waals surface area contributed by atoms with Crippen LogP contribution in [0.25, 0.3) is 0 Å². The lowest BCUT2D eigenvalue weighted by Gasteiger charge is -2.33. The zero-order valence-electron chi connectivity index (χ0n) is 13.4. The fourth-order valence-electron chi connectivity index (χ4n) is 2.15. The molecule has 1 amide bonds. The maximum absolute atomic E-state index is 11.8. The van der Waals surface area contributed by atoms with Crippen molar-refractivity contribution in [1.29, 1.82) is 0 Å². The maximum atomic E-state index is 11.8. The molecule has 0 saturated carbocycles. The molecule has 0 bridgehead atoms. The Morgan fingerprint density at radius 3 is 2.50 bits per heavy atom. The smallest absolute Gasteiger partial charge is 0.407 e. The number of morpholine rings is 1. The molecule has 0 aliphatic carbocycles. The summed E-state index contributed by atoms with van der Waals surface area (Å²) in [4.78, 5) is 14.2. The Morgan fingerprint density at radius 1 is 1.30 bits per heavy atom. The summed E-state index contributed by atoms with van der Waals surface area (Å²) in [5.74, 6) is 0.798. The number of amides is 1. The van der Waals surface area contributed by atoms with Gasteiger partial charge in [-0.3, -0.25) is 4.90 Å².